The summed E-state index contributed by atoms with van der Waals surface area (Å²) >= 11 is 0. The highest BCUT2D eigenvalue weighted by molar-refractivity contribution is 5.35. The molecule has 0 bridgehead atoms. The first-order valence-electron chi connectivity index (χ1n) is 5.68. The SMILES string of the molecule is Cc1ccc(F)c(OCc2cccc([N+](=O)[O-])c2)c1. The van der Waals surface area contributed by atoms with Crippen LogP contribution in [0.2, 0.25) is 0 Å². The normalized spacial score (nSPS) is 10.2. The molecular formula is C14H12FNO3. The number of rotatable bonds is 4. The number of hydrogen-bond donors (Lipinski definition) is 0. The Labute approximate surface area is 109 Å². The number of aryl methyl sites for hydroxylation is 1. The molecule has 0 heterocycles. The fourth-order valence-corrected chi connectivity index (χ4v) is 1.64. The van der Waals surface area contributed by atoms with Crippen LogP contribution < -0.4 is 4.74 Å². The highest BCUT2D eigenvalue weighted by Gasteiger charge is 2.07. The number of ether oxygens (including phenoxy) is 1. The maximum atomic E-state index is 13.4. The van der Waals surface area contributed by atoms with Crippen LogP contribution in [-0.4, -0.2) is 4.92 Å². The van der Waals surface area contributed by atoms with E-state index in [2.05, 4.69) is 0 Å². The highest BCUT2D eigenvalue weighted by atomic mass is 19.1. The first-order valence-corrected chi connectivity index (χ1v) is 5.68. The molecular weight excluding hydrogens is 249 g/mol. The number of halogens is 1. The lowest BCUT2D eigenvalue weighted by Gasteiger charge is -2.08. The second-order valence-electron chi connectivity index (χ2n) is 4.15. The summed E-state index contributed by atoms with van der Waals surface area (Å²) in [5.41, 5.74) is 1.50. The summed E-state index contributed by atoms with van der Waals surface area (Å²) in [7, 11) is 0. The molecule has 0 radical (unpaired) electrons. The lowest BCUT2D eigenvalue weighted by molar-refractivity contribution is -0.384. The van der Waals surface area contributed by atoms with Crippen LogP contribution in [0, 0.1) is 22.9 Å². The zero-order chi connectivity index (χ0) is 13.8. The zero-order valence-corrected chi connectivity index (χ0v) is 10.3. The number of nitrogens with zero attached hydrogens (tertiary/aromatic N) is 1. The average molecular weight is 261 g/mol. The van der Waals surface area contributed by atoms with Gasteiger partial charge in [-0.2, -0.15) is 0 Å². The van der Waals surface area contributed by atoms with E-state index in [4.69, 9.17) is 4.74 Å². The molecule has 0 aromatic heterocycles. The maximum Gasteiger partial charge on any atom is 0.269 e. The third-order valence-electron chi connectivity index (χ3n) is 2.60. The van der Waals surface area contributed by atoms with E-state index in [0.717, 1.165) is 5.56 Å². The van der Waals surface area contributed by atoms with E-state index in [-0.39, 0.29) is 18.0 Å². The predicted molar refractivity (Wildman–Crippen MR) is 68.6 cm³/mol. The van der Waals surface area contributed by atoms with Gasteiger partial charge in [0, 0.05) is 12.1 Å². The van der Waals surface area contributed by atoms with Crippen LogP contribution in [0.1, 0.15) is 11.1 Å². The topological polar surface area (TPSA) is 52.4 Å². The number of benzene rings is 2. The Bertz CT molecular complexity index is 613. The molecule has 5 heteroatoms. The largest absolute Gasteiger partial charge is 0.486 e. The molecule has 4 nitrogen and oxygen atoms in total. The molecule has 0 unspecified atom stereocenters. The molecule has 0 fully saturated rings. The van der Waals surface area contributed by atoms with Gasteiger partial charge >= 0.3 is 0 Å². The Morgan fingerprint density at radius 3 is 2.79 bits per heavy atom. The van der Waals surface area contributed by atoms with Crippen LogP contribution in [-0.2, 0) is 6.61 Å². The molecule has 0 atom stereocenters. The van der Waals surface area contributed by atoms with Gasteiger partial charge in [0.1, 0.15) is 6.61 Å². The van der Waals surface area contributed by atoms with Crippen LogP contribution in [0.25, 0.3) is 0 Å². The van der Waals surface area contributed by atoms with Crippen molar-refractivity contribution in [2.45, 2.75) is 13.5 Å². The number of hydrogen-bond acceptors (Lipinski definition) is 3. The molecule has 0 spiro atoms. The molecule has 98 valence electrons. The van der Waals surface area contributed by atoms with Crippen LogP contribution in [0.4, 0.5) is 10.1 Å². The third kappa shape index (κ3) is 3.28. The number of nitro groups is 1. The van der Waals surface area contributed by atoms with Crippen LogP contribution in [0.5, 0.6) is 5.75 Å². The molecule has 2 aromatic carbocycles. The lowest BCUT2D eigenvalue weighted by Crippen LogP contribution is -1.98. The van der Waals surface area contributed by atoms with Gasteiger partial charge in [-0.05, 0) is 30.2 Å². The maximum absolute atomic E-state index is 13.4. The van der Waals surface area contributed by atoms with E-state index >= 15 is 0 Å². The molecule has 0 saturated carbocycles. The summed E-state index contributed by atoms with van der Waals surface area (Å²) in [6.07, 6.45) is 0. The molecule has 2 aromatic rings. The Kier molecular flexibility index (Phi) is 3.75. The minimum absolute atomic E-state index is 0.00851. The van der Waals surface area contributed by atoms with Crippen LogP contribution >= 0.6 is 0 Å². The van der Waals surface area contributed by atoms with Crippen molar-refractivity contribution in [2.75, 3.05) is 0 Å². The van der Waals surface area contributed by atoms with E-state index in [1.54, 1.807) is 24.3 Å². The Balaban J connectivity index is 2.12. The Morgan fingerprint density at radius 1 is 1.26 bits per heavy atom. The molecule has 2 rings (SSSR count). The van der Waals surface area contributed by atoms with Gasteiger partial charge in [-0.25, -0.2) is 4.39 Å². The molecule has 0 aliphatic rings. The average Bonchev–Trinajstić information content (AvgIpc) is 2.40. The second-order valence-corrected chi connectivity index (χ2v) is 4.15. The highest BCUT2D eigenvalue weighted by Crippen LogP contribution is 2.20. The first-order chi connectivity index (χ1) is 9.06. The molecule has 0 amide bonds. The van der Waals surface area contributed by atoms with Gasteiger partial charge in [-0.1, -0.05) is 18.2 Å². The van der Waals surface area contributed by atoms with Gasteiger partial charge in [-0.3, -0.25) is 10.1 Å². The van der Waals surface area contributed by atoms with E-state index < -0.39 is 10.7 Å². The van der Waals surface area contributed by atoms with Crippen molar-refractivity contribution in [3.8, 4) is 5.75 Å². The van der Waals surface area contributed by atoms with Crippen molar-refractivity contribution in [1.29, 1.82) is 0 Å². The fourth-order valence-electron chi connectivity index (χ4n) is 1.64. The summed E-state index contributed by atoms with van der Waals surface area (Å²) in [5.74, 6) is -0.303. The Morgan fingerprint density at radius 2 is 2.05 bits per heavy atom. The standard InChI is InChI=1S/C14H12FNO3/c1-10-5-6-13(15)14(7-10)19-9-11-3-2-4-12(8-11)16(17)18/h2-8H,9H2,1H3. The van der Waals surface area contributed by atoms with Crippen molar-refractivity contribution in [2.24, 2.45) is 0 Å². The Hall–Kier alpha value is -2.43. The number of nitro benzene ring substituents is 1. The van der Waals surface area contributed by atoms with Gasteiger partial charge in [0.15, 0.2) is 11.6 Å². The summed E-state index contributed by atoms with van der Waals surface area (Å²) in [4.78, 5) is 10.2. The zero-order valence-electron chi connectivity index (χ0n) is 10.3. The van der Waals surface area contributed by atoms with Gasteiger partial charge in [0.2, 0.25) is 0 Å². The first kappa shape index (κ1) is 13.0. The minimum Gasteiger partial charge on any atom is -0.486 e. The van der Waals surface area contributed by atoms with Crippen LogP contribution in [0.15, 0.2) is 42.5 Å². The van der Waals surface area contributed by atoms with Crippen LogP contribution in [0.3, 0.4) is 0 Å². The summed E-state index contributed by atoms with van der Waals surface area (Å²) < 4.78 is 18.8. The van der Waals surface area contributed by atoms with E-state index in [1.165, 1.54) is 18.2 Å². The number of non-ortho nitro benzene ring substituents is 1. The summed E-state index contributed by atoms with van der Waals surface area (Å²) in [6.45, 7) is 1.92. The molecule has 0 N–H and O–H groups in total. The smallest absolute Gasteiger partial charge is 0.269 e. The fraction of sp³-hybridized carbons (Fsp3) is 0.143. The van der Waals surface area contributed by atoms with Crippen molar-refractivity contribution in [3.05, 3.63) is 69.5 Å². The molecule has 0 aliphatic heterocycles. The quantitative estimate of drug-likeness (QED) is 0.624. The molecule has 0 saturated heterocycles. The van der Waals surface area contributed by atoms with E-state index in [0.29, 0.717) is 5.56 Å². The van der Waals surface area contributed by atoms with Crippen molar-refractivity contribution < 1.29 is 14.1 Å². The summed E-state index contributed by atoms with van der Waals surface area (Å²) in [5, 5.41) is 10.6. The van der Waals surface area contributed by atoms with Crippen molar-refractivity contribution >= 4 is 5.69 Å². The molecule has 19 heavy (non-hydrogen) atoms. The van der Waals surface area contributed by atoms with Gasteiger partial charge in [-0.15, -0.1) is 0 Å². The van der Waals surface area contributed by atoms with Crippen molar-refractivity contribution in [1.82, 2.24) is 0 Å². The monoisotopic (exact) mass is 261 g/mol. The van der Waals surface area contributed by atoms with Gasteiger partial charge in [0.25, 0.3) is 5.69 Å². The van der Waals surface area contributed by atoms with Gasteiger partial charge < -0.3 is 4.74 Å². The van der Waals surface area contributed by atoms with E-state index in [1.807, 2.05) is 6.92 Å². The summed E-state index contributed by atoms with van der Waals surface area (Å²) in [6, 6.07) is 10.6. The third-order valence-corrected chi connectivity index (χ3v) is 2.60. The van der Waals surface area contributed by atoms with Gasteiger partial charge in [0.05, 0.1) is 4.92 Å². The van der Waals surface area contributed by atoms with Crippen molar-refractivity contribution in [3.63, 3.8) is 0 Å². The molecule has 0 aliphatic carbocycles. The lowest BCUT2D eigenvalue weighted by atomic mass is 10.2. The van der Waals surface area contributed by atoms with E-state index in [9.17, 15) is 14.5 Å². The minimum atomic E-state index is -0.475. The second kappa shape index (κ2) is 5.48. The predicted octanol–water partition coefficient (Wildman–Crippen LogP) is 3.62.